The fourth-order valence-corrected chi connectivity index (χ4v) is 0.571. The van der Waals surface area contributed by atoms with E-state index in [0.29, 0.717) is 0 Å². The van der Waals surface area contributed by atoms with Gasteiger partial charge >= 0.3 is 6.18 Å². The van der Waals surface area contributed by atoms with Crippen molar-refractivity contribution in [3.63, 3.8) is 0 Å². The molecule has 0 bridgehead atoms. The Labute approximate surface area is 75.5 Å². The maximum Gasteiger partial charge on any atom is 0.402 e. The van der Waals surface area contributed by atoms with Gasteiger partial charge in [0.05, 0.1) is 0 Å². The summed E-state index contributed by atoms with van der Waals surface area (Å²) in [6.07, 6.45) is -4.51. The van der Waals surface area contributed by atoms with Crippen molar-refractivity contribution >= 4 is 5.91 Å². The highest BCUT2D eigenvalue weighted by Gasteiger charge is 2.52. The van der Waals surface area contributed by atoms with E-state index in [4.69, 9.17) is 0 Å². The number of carbonyl (C=O) groups is 1. The van der Waals surface area contributed by atoms with Crippen LogP contribution in [-0.4, -0.2) is 18.1 Å². The summed E-state index contributed by atoms with van der Waals surface area (Å²) in [7, 11) is 0. The molecule has 0 saturated heterocycles. The van der Waals surface area contributed by atoms with Crippen molar-refractivity contribution in [3.05, 3.63) is 0 Å². The predicted octanol–water partition coefficient (Wildman–Crippen LogP) is 2.10. The van der Waals surface area contributed by atoms with Crippen molar-refractivity contribution in [3.8, 4) is 0 Å². The van der Waals surface area contributed by atoms with Crippen molar-refractivity contribution in [2.45, 2.75) is 39.9 Å². The molecule has 0 radical (unpaired) electrons. The largest absolute Gasteiger partial charge is 0.402 e. The molecule has 0 atom stereocenters. The van der Waals surface area contributed by atoms with E-state index >= 15 is 0 Å². The zero-order chi connectivity index (χ0) is 10.9. The van der Waals surface area contributed by atoms with Crippen molar-refractivity contribution in [2.75, 3.05) is 0 Å². The monoisotopic (exact) mass is 197 g/mol. The van der Waals surface area contributed by atoms with E-state index in [-0.39, 0.29) is 6.04 Å². The Bertz CT molecular complexity index is 196. The molecule has 0 aliphatic carbocycles. The molecule has 0 aliphatic heterocycles. The van der Waals surface area contributed by atoms with Gasteiger partial charge in [-0.05, 0) is 27.7 Å². The van der Waals surface area contributed by atoms with Crippen LogP contribution in [0.2, 0.25) is 0 Å². The summed E-state index contributed by atoms with van der Waals surface area (Å²) < 4.78 is 36.8. The van der Waals surface area contributed by atoms with E-state index in [0.717, 1.165) is 13.8 Å². The van der Waals surface area contributed by atoms with Crippen molar-refractivity contribution in [1.82, 2.24) is 5.32 Å². The van der Waals surface area contributed by atoms with Gasteiger partial charge in [-0.1, -0.05) is 0 Å². The summed E-state index contributed by atoms with van der Waals surface area (Å²) in [5.41, 5.74) is -2.32. The Balaban J connectivity index is 4.56. The number of alkyl halides is 3. The van der Waals surface area contributed by atoms with E-state index in [9.17, 15) is 18.0 Å². The van der Waals surface area contributed by atoms with Gasteiger partial charge in [0.25, 0.3) is 0 Å². The minimum Gasteiger partial charge on any atom is -0.353 e. The molecule has 5 heteroatoms. The standard InChI is InChI=1S/C8H14F3NO/c1-5(2)12-6(13)7(3,4)8(9,10)11/h5H,1-4H3,(H,12,13). The smallest absolute Gasteiger partial charge is 0.353 e. The molecule has 2 nitrogen and oxygen atoms in total. The maximum atomic E-state index is 12.3. The number of rotatable bonds is 2. The number of carbonyl (C=O) groups excluding carboxylic acids is 1. The van der Waals surface area contributed by atoms with Gasteiger partial charge in [0, 0.05) is 6.04 Å². The highest BCUT2D eigenvalue weighted by molar-refractivity contribution is 5.82. The molecule has 0 heterocycles. The third kappa shape index (κ3) is 2.90. The summed E-state index contributed by atoms with van der Waals surface area (Å²) >= 11 is 0. The lowest BCUT2D eigenvalue weighted by Gasteiger charge is -2.27. The van der Waals surface area contributed by atoms with Gasteiger partial charge in [0.15, 0.2) is 0 Å². The minimum absolute atomic E-state index is 0.283. The zero-order valence-electron chi connectivity index (χ0n) is 8.12. The molecule has 0 aliphatic rings. The van der Waals surface area contributed by atoms with Gasteiger partial charge < -0.3 is 5.32 Å². The summed E-state index contributed by atoms with van der Waals surface area (Å²) in [6, 6.07) is -0.283. The van der Waals surface area contributed by atoms with Crippen LogP contribution in [0.3, 0.4) is 0 Å². The van der Waals surface area contributed by atoms with Gasteiger partial charge in [-0.15, -0.1) is 0 Å². The van der Waals surface area contributed by atoms with Gasteiger partial charge in [0.2, 0.25) is 5.91 Å². The quantitative estimate of drug-likeness (QED) is 0.721. The molecule has 0 unspecified atom stereocenters. The topological polar surface area (TPSA) is 29.1 Å². The zero-order valence-corrected chi connectivity index (χ0v) is 8.12. The third-order valence-corrected chi connectivity index (χ3v) is 1.70. The fraction of sp³-hybridized carbons (Fsp3) is 0.875. The van der Waals surface area contributed by atoms with Crippen LogP contribution in [0, 0.1) is 5.41 Å². The lowest BCUT2D eigenvalue weighted by atomic mass is 9.91. The highest BCUT2D eigenvalue weighted by atomic mass is 19.4. The number of halogens is 3. The normalized spacial score (nSPS) is 13.2. The lowest BCUT2D eigenvalue weighted by Crippen LogP contribution is -2.48. The number of hydrogen-bond donors (Lipinski definition) is 1. The van der Waals surface area contributed by atoms with Crippen molar-refractivity contribution in [1.29, 1.82) is 0 Å². The molecule has 78 valence electrons. The molecule has 0 rings (SSSR count). The second-order valence-corrected chi connectivity index (χ2v) is 3.75. The molecule has 1 N–H and O–H groups in total. The predicted molar refractivity (Wildman–Crippen MR) is 43.1 cm³/mol. The van der Waals surface area contributed by atoms with Crippen molar-refractivity contribution < 1.29 is 18.0 Å². The van der Waals surface area contributed by atoms with Crippen LogP contribution in [0.5, 0.6) is 0 Å². The fourth-order valence-electron chi connectivity index (χ4n) is 0.571. The maximum absolute atomic E-state index is 12.3. The van der Waals surface area contributed by atoms with E-state index < -0.39 is 17.5 Å². The third-order valence-electron chi connectivity index (χ3n) is 1.70. The number of hydrogen-bond acceptors (Lipinski definition) is 1. The SMILES string of the molecule is CC(C)NC(=O)C(C)(C)C(F)(F)F. The molecule has 0 saturated carbocycles. The Kier molecular flexibility index (Phi) is 3.35. The van der Waals surface area contributed by atoms with E-state index in [2.05, 4.69) is 5.32 Å². The van der Waals surface area contributed by atoms with Crippen LogP contribution < -0.4 is 5.32 Å². The van der Waals surface area contributed by atoms with Gasteiger partial charge in [-0.2, -0.15) is 13.2 Å². The van der Waals surface area contributed by atoms with Crippen LogP contribution >= 0.6 is 0 Å². The minimum atomic E-state index is -4.51. The van der Waals surface area contributed by atoms with Crippen LogP contribution in [0.15, 0.2) is 0 Å². The molecule has 1 amide bonds. The number of nitrogens with one attached hydrogen (secondary N) is 1. The molecule has 0 aromatic carbocycles. The van der Waals surface area contributed by atoms with Gasteiger partial charge in [0.1, 0.15) is 5.41 Å². The summed E-state index contributed by atoms with van der Waals surface area (Å²) in [5, 5.41) is 2.23. The first-order valence-electron chi connectivity index (χ1n) is 3.96. The first-order chi connectivity index (χ1) is 5.59. The van der Waals surface area contributed by atoms with E-state index in [1.54, 1.807) is 13.8 Å². The van der Waals surface area contributed by atoms with Crippen LogP contribution in [0.4, 0.5) is 13.2 Å². The summed E-state index contributed by atoms with van der Waals surface area (Å²) in [6.45, 7) is 4.96. The molecular weight excluding hydrogens is 183 g/mol. The second-order valence-electron chi connectivity index (χ2n) is 3.75. The first-order valence-corrected chi connectivity index (χ1v) is 3.96. The Hall–Kier alpha value is -0.740. The van der Waals surface area contributed by atoms with Crippen LogP contribution in [0.25, 0.3) is 0 Å². The molecule has 13 heavy (non-hydrogen) atoms. The first kappa shape index (κ1) is 12.3. The van der Waals surface area contributed by atoms with Gasteiger partial charge in [-0.25, -0.2) is 0 Å². The summed E-state index contributed by atoms with van der Waals surface area (Å²) in [4.78, 5) is 11.1. The average molecular weight is 197 g/mol. The highest BCUT2D eigenvalue weighted by Crippen LogP contribution is 2.37. The molecule has 0 spiro atoms. The van der Waals surface area contributed by atoms with E-state index in [1.807, 2.05) is 0 Å². The lowest BCUT2D eigenvalue weighted by molar-refractivity contribution is -0.211. The Morgan fingerprint density at radius 3 is 1.85 bits per heavy atom. The van der Waals surface area contributed by atoms with Crippen molar-refractivity contribution in [2.24, 2.45) is 5.41 Å². The Morgan fingerprint density at radius 1 is 1.23 bits per heavy atom. The molecule has 0 aromatic heterocycles. The van der Waals surface area contributed by atoms with E-state index in [1.165, 1.54) is 0 Å². The van der Waals surface area contributed by atoms with Gasteiger partial charge in [-0.3, -0.25) is 4.79 Å². The van der Waals surface area contributed by atoms with Crippen LogP contribution in [0.1, 0.15) is 27.7 Å². The molecular formula is C8H14F3NO. The molecule has 0 fully saturated rings. The number of amides is 1. The average Bonchev–Trinajstić information content (AvgIpc) is 1.82. The second kappa shape index (κ2) is 3.55. The Morgan fingerprint density at radius 2 is 1.62 bits per heavy atom. The summed E-state index contributed by atoms with van der Waals surface area (Å²) in [5.74, 6) is -0.991. The molecule has 0 aromatic rings. The van der Waals surface area contributed by atoms with Crippen LogP contribution in [-0.2, 0) is 4.79 Å².